The molecule has 0 radical (unpaired) electrons. The minimum absolute atomic E-state index is 0.0296. The lowest BCUT2D eigenvalue weighted by molar-refractivity contribution is 0.495. The van der Waals surface area contributed by atoms with Gasteiger partial charge in [-0.1, -0.05) is 52.3 Å². The first-order valence-corrected chi connectivity index (χ1v) is 12.4. The number of hydrogen-bond acceptors (Lipinski definition) is 6. The first-order chi connectivity index (χ1) is 16.8. The Morgan fingerprint density at radius 2 is 1.71 bits per heavy atom. The van der Waals surface area contributed by atoms with Gasteiger partial charge in [0.05, 0.1) is 13.1 Å². The number of rotatable bonds is 5. The Kier molecular flexibility index (Phi) is 6.24. The van der Waals surface area contributed by atoms with Gasteiger partial charge in [0.15, 0.2) is 11.2 Å². The van der Waals surface area contributed by atoms with Crippen LogP contribution in [0.25, 0.3) is 11.2 Å². The molecule has 3 heterocycles. The number of anilines is 2. The van der Waals surface area contributed by atoms with E-state index in [-0.39, 0.29) is 12.6 Å². The molecule has 10 heteroatoms. The maximum atomic E-state index is 13.9. The van der Waals surface area contributed by atoms with Crippen molar-refractivity contribution in [2.45, 2.75) is 32.0 Å². The van der Waals surface area contributed by atoms with E-state index in [0.717, 1.165) is 29.4 Å². The predicted octanol–water partition coefficient (Wildman–Crippen LogP) is 2.27. The zero-order valence-electron chi connectivity index (χ0n) is 19.5. The Labute approximate surface area is 210 Å². The molecule has 9 nitrogen and oxygen atoms in total. The van der Waals surface area contributed by atoms with Crippen molar-refractivity contribution in [3.63, 3.8) is 0 Å². The third-order valence-corrected chi connectivity index (χ3v) is 7.40. The summed E-state index contributed by atoms with van der Waals surface area (Å²) in [5.41, 5.74) is 14.6. The molecule has 4 aromatic rings. The number of hydrogen-bond donors (Lipinski definition) is 2. The lowest BCUT2D eigenvalue weighted by Gasteiger charge is -2.32. The first-order valence-electron chi connectivity index (χ1n) is 11.6. The number of para-hydroxylation sites is 1. The molecule has 1 fully saturated rings. The van der Waals surface area contributed by atoms with E-state index in [0.29, 0.717) is 41.5 Å². The van der Waals surface area contributed by atoms with Crippen LogP contribution in [-0.4, -0.2) is 37.8 Å². The lowest BCUT2D eigenvalue weighted by Crippen LogP contribution is -2.44. The van der Waals surface area contributed by atoms with Crippen molar-refractivity contribution >= 4 is 38.7 Å². The van der Waals surface area contributed by atoms with E-state index < -0.39 is 11.2 Å². The van der Waals surface area contributed by atoms with Crippen molar-refractivity contribution in [1.82, 2.24) is 18.7 Å². The molecule has 2 aromatic heterocycles. The van der Waals surface area contributed by atoms with Crippen LogP contribution in [-0.2, 0) is 20.1 Å². The second-order valence-corrected chi connectivity index (χ2v) is 9.90. The molecule has 0 amide bonds. The van der Waals surface area contributed by atoms with Crippen LogP contribution in [0.15, 0.2) is 62.6 Å². The van der Waals surface area contributed by atoms with Crippen LogP contribution >= 0.6 is 15.9 Å². The molecule has 1 atom stereocenters. The maximum absolute atomic E-state index is 13.9. The highest BCUT2D eigenvalue weighted by molar-refractivity contribution is 9.10. The van der Waals surface area contributed by atoms with E-state index in [4.69, 9.17) is 16.5 Å². The van der Waals surface area contributed by atoms with Crippen molar-refractivity contribution in [3.05, 3.63) is 85.0 Å². The summed E-state index contributed by atoms with van der Waals surface area (Å²) in [7, 11) is 1.65. The van der Waals surface area contributed by atoms with E-state index in [2.05, 4.69) is 20.8 Å². The van der Waals surface area contributed by atoms with Gasteiger partial charge in [0.25, 0.3) is 5.56 Å². The van der Waals surface area contributed by atoms with Crippen LogP contribution in [0.4, 0.5) is 11.6 Å². The van der Waals surface area contributed by atoms with Crippen molar-refractivity contribution in [2.75, 3.05) is 23.7 Å². The second-order valence-electron chi connectivity index (χ2n) is 9.04. The van der Waals surface area contributed by atoms with Gasteiger partial charge >= 0.3 is 5.69 Å². The fraction of sp³-hybridized carbons (Fsp3) is 0.320. The SMILES string of the molecule is Cn1c(=O)n(Cc2ccccc2N)c(=O)c2c1nc(N1CCCC(N)C1)n2Cc1ccccc1Br. The van der Waals surface area contributed by atoms with Gasteiger partial charge < -0.3 is 16.4 Å². The summed E-state index contributed by atoms with van der Waals surface area (Å²) < 4.78 is 5.53. The van der Waals surface area contributed by atoms with Crippen LogP contribution in [0.3, 0.4) is 0 Å². The van der Waals surface area contributed by atoms with Crippen molar-refractivity contribution in [3.8, 4) is 0 Å². The van der Waals surface area contributed by atoms with Gasteiger partial charge in [0.2, 0.25) is 5.95 Å². The van der Waals surface area contributed by atoms with Crippen LogP contribution in [0.2, 0.25) is 0 Å². The maximum Gasteiger partial charge on any atom is 0.332 e. The normalized spacial score (nSPS) is 16.2. The number of aryl methyl sites for hydroxylation is 1. The molecule has 1 aliphatic rings. The Morgan fingerprint density at radius 3 is 2.43 bits per heavy atom. The van der Waals surface area contributed by atoms with E-state index in [1.165, 1.54) is 9.13 Å². The van der Waals surface area contributed by atoms with Crippen molar-refractivity contribution in [2.24, 2.45) is 12.8 Å². The topological polar surface area (TPSA) is 117 Å². The number of nitrogen functional groups attached to an aromatic ring is 1. The molecule has 4 N–H and O–H groups in total. The highest BCUT2D eigenvalue weighted by Crippen LogP contribution is 2.26. The van der Waals surface area contributed by atoms with E-state index in [1.807, 2.05) is 47.0 Å². The molecule has 5 rings (SSSR count). The molecular weight excluding hydrogens is 510 g/mol. The third-order valence-electron chi connectivity index (χ3n) is 6.62. The van der Waals surface area contributed by atoms with Crippen LogP contribution in [0.1, 0.15) is 24.0 Å². The fourth-order valence-electron chi connectivity index (χ4n) is 4.73. The standard InChI is InChI=1S/C25H28BrN7O2/c1-30-22-21(23(34)33(25(30)35)14-17-8-3-5-11-20(17)28)32(13-16-7-2-4-10-19(16)26)24(29-22)31-12-6-9-18(27)15-31/h2-5,7-8,10-11,18H,6,9,12-15,27-28H2,1H3. The number of imidazole rings is 1. The molecule has 0 bridgehead atoms. The smallest absolute Gasteiger partial charge is 0.332 e. The minimum atomic E-state index is -0.432. The molecule has 1 saturated heterocycles. The molecule has 2 aromatic carbocycles. The van der Waals surface area contributed by atoms with Gasteiger partial charge in [-0.2, -0.15) is 4.98 Å². The molecule has 0 saturated carbocycles. The largest absolute Gasteiger partial charge is 0.398 e. The van der Waals surface area contributed by atoms with Gasteiger partial charge in [0, 0.05) is 36.3 Å². The summed E-state index contributed by atoms with van der Waals surface area (Å²) in [4.78, 5) is 34.1. The molecule has 0 spiro atoms. The zero-order chi connectivity index (χ0) is 24.7. The molecule has 1 aliphatic heterocycles. The van der Waals surface area contributed by atoms with Gasteiger partial charge in [-0.3, -0.25) is 18.5 Å². The number of aromatic nitrogens is 4. The summed E-state index contributed by atoms with van der Waals surface area (Å²) in [6.07, 6.45) is 1.89. The molecule has 35 heavy (non-hydrogen) atoms. The van der Waals surface area contributed by atoms with Crippen LogP contribution < -0.4 is 27.6 Å². The number of piperidine rings is 1. The number of nitrogens with two attached hydrogens (primary N) is 2. The summed E-state index contributed by atoms with van der Waals surface area (Å²) in [6.45, 7) is 1.93. The number of nitrogens with zero attached hydrogens (tertiary/aromatic N) is 5. The first kappa shape index (κ1) is 23.4. The quantitative estimate of drug-likeness (QED) is 0.377. The van der Waals surface area contributed by atoms with Gasteiger partial charge in [-0.25, -0.2) is 4.79 Å². The Bertz CT molecular complexity index is 1520. The summed E-state index contributed by atoms with van der Waals surface area (Å²) in [5.74, 6) is 0.648. The van der Waals surface area contributed by atoms with E-state index in [1.54, 1.807) is 13.1 Å². The zero-order valence-corrected chi connectivity index (χ0v) is 21.1. The molecular formula is C25H28BrN7O2. The summed E-state index contributed by atoms with van der Waals surface area (Å²) in [5, 5.41) is 0. The molecule has 182 valence electrons. The van der Waals surface area contributed by atoms with Crippen LogP contribution in [0.5, 0.6) is 0 Å². The fourth-order valence-corrected chi connectivity index (χ4v) is 5.14. The summed E-state index contributed by atoms with van der Waals surface area (Å²) >= 11 is 3.63. The van der Waals surface area contributed by atoms with Gasteiger partial charge in [0.1, 0.15) is 0 Å². The monoisotopic (exact) mass is 537 g/mol. The van der Waals surface area contributed by atoms with E-state index >= 15 is 0 Å². The second kappa shape index (κ2) is 9.35. The third kappa shape index (κ3) is 4.28. The Balaban J connectivity index is 1.74. The van der Waals surface area contributed by atoms with Crippen molar-refractivity contribution < 1.29 is 0 Å². The highest BCUT2D eigenvalue weighted by Gasteiger charge is 2.27. The average Bonchev–Trinajstić information content (AvgIpc) is 3.22. The lowest BCUT2D eigenvalue weighted by atomic mass is 10.1. The Morgan fingerprint density at radius 1 is 1.03 bits per heavy atom. The van der Waals surface area contributed by atoms with E-state index in [9.17, 15) is 9.59 Å². The van der Waals surface area contributed by atoms with Crippen molar-refractivity contribution in [1.29, 1.82) is 0 Å². The molecule has 0 aliphatic carbocycles. The summed E-state index contributed by atoms with van der Waals surface area (Å²) in [6, 6.07) is 15.2. The van der Waals surface area contributed by atoms with Gasteiger partial charge in [-0.15, -0.1) is 0 Å². The number of halogens is 1. The predicted molar refractivity (Wildman–Crippen MR) is 142 cm³/mol. The average molecular weight is 538 g/mol. The highest BCUT2D eigenvalue weighted by atomic mass is 79.9. The molecule has 1 unspecified atom stereocenters. The van der Waals surface area contributed by atoms with Gasteiger partial charge in [-0.05, 0) is 36.1 Å². The van der Waals surface area contributed by atoms with Crippen LogP contribution in [0, 0.1) is 0 Å². The Hall–Kier alpha value is -3.37. The minimum Gasteiger partial charge on any atom is -0.398 e. The number of fused-ring (bicyclic) bond motifs is 1. The number of benzene rings is 2.